The van der Waals surface area contributed by atoms with Crippen LogP contribution in [-0.2, 0) is 16.1 Å². The number of amides is 2. The molecule has 0 saturated carbocycles. The lowest BCUT2D eigenvalue weighted by atomic mass is 10.2. The number of nitrogens with zero attached hydrogens (tertiary/aromatic N) is 2. The molecule has 0 aliphatic carbocycles. The summed E-state index contributed by atoms with van der Waals surface area (Å²) < 4.78 is 12.1. The second-order valence-electron chi connectivity index (χ2n) is 6.17. The summed E-state index contributed by atoms with van der Waals surface area (Å²) in [6.07, 6.45) is 1.64. The van der Waals surface area contributed by atoms with E-state index >= 15 is 0 Å². The molecule has 0 atom stereocenters. The molecule has 2 fully saturated rings. The van der Waals surface area contributed by atoms with Crippen molar-refractivity contribution in [3.05, 3.63) is 57.1 Å². The van der Waals surface area contributed by atoms with Crippen molar-refractivity contribution in [1.29, 1.82) is 0 Å². The highest BCUT2D eigenvalue weighted by molar-refractivity contribution is 9.10. The highest BCUT2D eigenvalue weighted by Gasteiger charge is 2.35. The minimum absolute atomic E-state index is 0.256. The molecule has 8 heteroatoms. The van der Waals surface area contributed by atoms with Crippen molar-refractivity contribution >= 4 is 50.8 Å². The molecule has 0 N–H and O–H groups in total. The van der Waals surface area contributed by atoms with E-state index in [4.69, 9.17) is 9.15 Å². The van der Waals surface area contributed by atoms with Crippen LogP contribution in [0.1, 0.15) is 11.3 Å². The molecule has 1 aromatic carbocycles. The zero-order valence-corrected chi connectivity index (χ0v) is 16.8. The van der Waals surface area contributed by atoms with Gasteiger partial charge in [0.15, 0.2) is 5.88 Å². The molecule has 140 valence electrons. The molecule has 2 aromatic rings. The number of anilines is 1. The van der Waals surface area contributed by atoms with E-state index in [0.29, 0.717) is 23.9 Å². The number of rotatable bonds is 4. The van der Waals surface area contributed by atoms with Gasteiger partial charge in [-0.1, -0.05) is 28.1 Å². The van der Waals surface area contributed by atoms with E-state index in [-0.39, 0.29) is 17.7 Å². The fraction of sp³-hybridized carbons (Fsp3) is 0.263. The molecule has 0 bridgehead atoms. The SMILES string of the molecule is O=C1SC(=Cc2ccc(N3CCOCC3)o2)C(=O)N1Cc1ccc(Br)cc1. The maximum absolute atomic E-state index is 12.6. The van der Waals surface area contributed by atoms with Gasteiger partial charge in [0.05, 0.1) is 24.7 Å². The van der Waals surface area contributed by atoms with Crippen molar-refractivity contribution in [2.75, 3.05) is 31.2 Å². The topological polar surface area (TPSA) is 63.0 Å². The van der Waals surface area contributed by atoms with Gasteiger partial charge in [-0.15, -0.1) is 0 Å². The molecule has 0 radical (unpaired) electrons. The van der Waals surface area contributed by atoms with Crippen LogP contribution in [-0.4, -0.2) is 42.3 Å². The van der Waals surface area contributed by atoms with Crippen molar-refractivity contribution in [1.82, 2.24) is 4.90 Å². The lowest BCUT2D eigenvalue weighted by Crippen LogP contribution is -2.35. The largest absolute Gasteiger partial charge is 0.441 e. The Balaban J connectivity index is 1.47. The first kappa shape index (κ1) is 18.3. The van der Waals surface area contributed by atoms with Crippen LogP contribution in [0.5, 0.6) is 0 Å². The van der Waals surface area contributed by atoms with Crippen molar-refractivity contribution in [2.24, 2.45) is 0 Å². The van der Waals surface area contributed by atoms with Crippen LogP contribution in [0.3, 0.4) is 0 Å². The molecular weight excluding hydrogens is 432 g/mol. The summed E-state index contributed by atoms with van der Waals surface area (Å²) in [4.78, 5) is 28.6. The fourth-order valence-corrected chi connectivity index (χ4v) is 3.99. The van der Waals surface area contributed by atoms with Crippen LogP contribution in [0.2, 0.25) is 0 Å². The van der Waals surface area contributed by atoms with Crippen LogP contribution >= 0.6 is 27.7 Å². The predicted molar refractivity (Wildman–Crippen MR) is 107 cm³/mol. The van der Waals surface area contributed by atoms with Crippen LogP contribution in [0.4, 0.5) is 10.7 Å². The number of imide groups is 1. The summed E-state index contributed by atoms with van der Waals surface area (Å²) in [6.45, 7) is 3.15. The summed E-state index contributed by atoms with van der Waals surface area (Å²) in [5.41, 5.74) is 0.898. The smallest absolute Gasteiger partial charge is 0.293 e. The summed E-state index contributed by atoms with van der Waals surface area (Å²) >= 11 is 4.32. The van der Waals surface area contributed by atoms with E-state index in [9.17, 15) is 9.59 Å². The third-order valence-electron chi connectivity index (χ3n) is 4.34. The zero-order valence-electron chi connectivity index (χ0n) is 14.4. The van der Waals surface area contributed by atoms with Crippen LogP contribution < -0.4 is 4.90 Å². The number of halogens is 1. The van der Waals surface area contributed by atoms with E-state index in [2.05, 4.69) is 20.8 Å². The standard InChI is InChI=1S/C19H17BrN2O4S/c20-14-3-1-13(2-4-14)12-22-18(23)16(27-19(22)24)11-15-5-6-17(26-15)21-7-9-25-10-8-21/h1-6,11H,7-10,12H2. The first-order valence-electron chi connectivity index (χ1n) is 8.52. The highest BCUT2D eigenvalue weighted by Crippen LogP contribution is 2.34. The normalized spacial score (nSPS) is 19.4. The first-order valence-corrected chi connectivity index (χ1v) is 10.1. The monoisotopic (exact) mass is 448 g/mol. The maximum Gasteiger partial charge on any atom is 0.293 e. The Morgan fingerprint density at radius 3 is 2.56 bits per heavy atom. The third kappa shape index (κ3) is 4.12. The first-order chi connectivity index (χ1) is 13.1. The molecule has 0 unspecified atom stereocenters. The van der Waals surface area contributed by atoms with Gasteiger partial charge in [0, 0.05) is 29.7 Å². The van der Waals surface area contributed by atoms with Crippen molar-refractivity contribution in [3.8, 4) is 0 Å². The fourth-order valence-electron chi connectivity index (χ4n) is 2.91. The number of benzene rings is 1. The molecular formula is C19H17BrN2O4S. The molecule has 4 rings (SSSR count). The molecule has 0 spiro atoms. The van der Waals surface area contributed by atoms with E-state index < -0.39 is 0 Å². The summed E-state index contributed by atoms with van der Waals surface area (Å²) in [5, 5.41) is -0.269. The predicted octanol–water partition coefficient (Wildman–Crippen LogP) is 4.12. The van der Waals surface area contributed by atoms with Crippen molar-refractivity contribution < 1.29 is 18.7 Å². The number of hydrogen-bond acceptors (Lipinski definition) is 6. The Labute approximate surface area is 169 Å². The van der Waals surface area contributed by atoms with Crippen LogP contribution in [0.25, 0.3) is 6.08 Å². The quantitative estimate of drug-likeness (QED) is 0.655. The number of carbonyl (C=O) groups is 2. The molecule has 6 nitrogen and oxygen atoms in total. The van der Waals surface area contributed by atoms with E-state index in [1.54, 1.807) is 6.08 Å². The van der Waals surface area contributed by atoms with Gasteiger partial charge >= 0.3 is 0 Å². The molecule has 1 aromatic heterocycles. The second kappa shape index (κ2) is 7.92. The van der Waals surface area contributed by atoms with E-state index in [1.807, 2.05) is 36.4 Å². The lowest BCUT2D eigenvalue weighted by Gasteiger charge is -2.26. The number of carbonyl (C=O) groups excluding carboxylic acids is 2. The molecule has 2 aliphatic heterocycles. The number of furan rings is 1. The third-order valence-corrected chi connectivity index (χ3v) is 5.77. The summed E-state index contributed by atoms with van der Waals surface area (Å²) in [5.74, 6) is 1.02. The van der Waals surface area contributed by atoms with Crippen LogP contribution in [0.15, 0.2) is 50.2 Å². The molecule has 2 amide bonds. The Bertz CT molecular complexity index is 887. The van der Waals surface area contributed by atoms with Crippen molar-refractivity contribution in [3.63, 3.8) is 0 Å². The van der Waals surface area contributed by atoms with E-state index in [1.165, 1.54) is 4.90 Å². The Morgan fingerprint density at radius 1 is 1.07 bits per heavy atom. The molecule has 3 heterocycles. The molecule has 27 heavy (non-hydrogen) atoms. The van der Waals surface area contributed by atoms with Gasteiger partial charge in [-0.25, -0.2) is 0 Å². The van der Waals surface area contributed by atoms with Gasteiger partial charge in [0.2, 0.25) is 0 Å². The van der Waals surface area contributed by atoms with Crippen LogP contribution in [0, 0.1) is 0 Å². The maximum atomic E-state index is 12.6. The van der Waals surface area contributed by atoms with Gasteiger partial charge < -0.3 is 14.1 Å². The number of morpholine rings is 1. The van der Waals surface area contributed by atoms with Gasteiger partial charge in [0.1, 0.15) is 5.76 Å². The molecule has 2 aliphatic rings. The average Bonchev–Trinajstić information content (AvgIpc) is 3.25. The van der Waals surface area contributed by atoms with Gasteiger partial charge in [-0.2, -0.15) is 0 Å². The number of hydrogen-bond donors (Lipinski definition) is 0. The summed E-state index contributed by atoms with van der Waals surface area (Å²) in [6, 6.07) is 11.2. The van der Waals surface area contributed by atoms with E-state index in [0.717, 1.165) is 40.8 Å². The Morgan fingerprint density at radius 2 is 1.81 bits per heavy atom. The summed E-state index contributed by atoms with van der Waals surface area (Å²) in [7, 11) is 0. The van der Waals surface area contributed by atoms with Crippen molar-refractivity contribution in [2.45, 2.75) is 6.54 Å². The number of ether oxygens (including phenoxy) is 1. The lowest BCUT2D eigenvalue weighted by molar-refractivity contribution is -0.123. The minimum atomic E-state index is -0.294. The Hall–Kier alpha value is -2.03. The highest BCUT2D eigenvalue weighted by atomic mass is 79.9. The Kier molecular flexibility index (Phi) is 5.38. The average molecular weight is 449 g/mol. The number of thioether (sulfide) groups is 1. The van der Waals surface area contributed by atoms with Gasteiger partial charge in [-0.05, 0) is 35.5 Å². The second-order valence-corrected chi connectivity index (χ2v) is 8.08. The molecule has 2 saturated heterocycles. The van der Waals surface area contributed by atoms with Gasteiger partial charge in [-0.3, -0.25) is 14.5 Å². The minimum Gasteiger partial charge on any atom is -0.441 e. The zero-order chi connectivity index (χ0) is 18.8. The van der Waals surface area contributed by atoms with Gasteiger partial charge in [0.25, 0.3) is 11.1 Å².